The molecule has 0 atom stereocenters. The average Bonchev–Trinajstić information content (AvgIpc) is 3.27. The van der Waals surface area contributed by atoms with Crippen LogP contribution in [0.25, 0.3) is 0 Å². The van der Waals surface area contributed by atoms with Crippen LogP contribution in [0.3, 0.4) is 0 Å². The Balaban J connectivity index is 1.73. The minimum atomic E-state index is -3.38. The van der Waals surface area contributed by atoms with E-state index in [1.54, 1.807) is 12.3 Å². The number of rotatable bonds is 7. The molecule has 0 spiro atoms. The Bertz CT molecular complexity index is 532. The van der Waals surface area contributed by atoms with E-state index in [9.17, 15) is 8.42 Å². The minimum Gasteiger partial charge on any atom is -0.363 e. The van der Waals surface area contributed by atoms with Gasteiger partial charge in [-0.2, -0.15) is 0 Å². The van der Waals surface area contributed by atoms with Crippen molar-refractivity contribution in [3.8, 4) is 0 Å². The summed E-state index contributed by atoms with van der Waals surface area (Å²) in [4.78, 5) is 3.35. The van der Waals surface area contributed by atoms with Crippen molar-refractivity contribution in [1.82, 2.24) is 15.0 Å². The van der Waals surface area contributed by atoms with Crippen molar-refractivity contribution in [3.63, 3.8) is 0 Å². The number of aromatic amines is 1. The quantitative estimate of drug-likeness (QED) is 0.704. The third kappa shape index (κ3) is 3.01. The van der Waals surface area contributed by atoms with Crippen LogP contribution in [0, 0.1) is 11.8 Å². The summed E-state index contributed by atoms with van der Waals surface area (Å²) in [5.74, 6) is 1.14. The maximum atomic E-state index is 12.4. The van der Waals surface area contributed by atoms with Crippen LogP contribution in [0.2, 0.25) is 0 Å². The topological polar surface area (TPSA) is 74.0 Å². The first kappa shape index (κ1) is 13.1. The number of hydrogen-bond acceptors (Lipinski definition) is 3. The minimum absolute atomic E-state index is 0.160. The number of hydrogen-bond donors (Lipinski definition) is 3. The van der Waals surface area contributed by atoms with Gasteiger partial charge in [-0.15, -0.1) is 0 Å². The molecule has 2 aliphatic rings. The molecule has 0 amide bonds. The van der Waals surface area contributed by atoms with Crippen LogP contribution >= 0.6 is 0 Å². The summed E-state index contributed by atoms with van der Waals surface area (Å²) >= 11 is 0. The standard InChI is InChI=1S/C13H21N3O2S/c1-14-7-11-6-12(8-15-11)19(17,18)16-13(9-2-3-9)10-4-5-10/h6,8-10,13-16H,2-5,7H2,1H3. The zero-order chi connectivity index (χ0) is 13.5. The van der Waals surface area contributed by atoms with E-state index in [1.165, 1.54) is 25.7 Å². The second kappa shape index (κ2) is 4.92. The summed E-state index contributed by atoms with van der Waals surface area (Å²) < 4.78 is 27.7. The van der Waals surface area contributed by atoms with Crippen LogP contribution in [0.5, 0.6) is 0 Å². The van der Waals surface area contributed by atoms with Crippen molar-refractivity contribution in [3.05, 3.63) is 18.0 Å². The summed E-state index contributed by atoms with van der Waals surface area (Å²) in [6.07, 6.45) is 6.25. The second-order valence-electron chi connectivity index (χ2n) is 5.71. The number of H-pyrrole nitrogens is 1. The summed E-state index contributed by atoms with van der Waals surface area (Å²) in [6, 6.07) is 1.86. The molecule has 5 nitrogen and oxygen atoms in total. The number of sulfonamides is 1. The molecule has 2 fully saturated rings. The summed E-state index contributed by atoms with van der Waals surface area (Å²) in [6.45, 7) is 0.643. The van der Waals surface area contributed by atoms with Gasteiger partial charge in [-0.1, -0.05) is 0 Å². The SMILES string of the molecule is CNCc1cc(S(=O)(=O)NC(C2CC2)C2CC2)c[nH]1. The van der Waals surface area contributed by atoms with Crippen molar-refractivity contribution >= 4 is 10.0 Å². The Hall–Kier alpha value is -0.850. The van der Waals surface area contributed by atoms with Gasteiger partial charge in [0.25, 0.3) is 0 Å². The van der Waals surface area contributed by atoms with Crippen LogP contribution in [0.1, 0.15) is 31.4 Å². The van der Waals surface area contributed by atoms with Gasteiger partial charge in [-0.3, -0.25) is 0 Å². The molecule has 0 saturated heterocycles. The molecule has 1 aromatic heterocycles. The molecular weight excluding hydrogens is 262 g/mol. The number of aromatic nitrogens is 1. The second-order valence-corrected chi connectivity index (χ2v) is 7.43. The summed E-state index contributed by atoms with van der Waals surface area (Å²) in [5.41, 5.74) is 0.886. The highest BCUT2D eigenvalue weighted by molar-refractivity contribution is 7.89. The maximum absolute atomic E-state index is 12.4. The van der Waals surface area contributed by atoms with Crippen molar-refractivity contribution in [2.24, 2.45) is 11.8 Å². The molecule has 6 heteroatoms. The van der Waals surface area contributed by atoms with E-state index in [0.29, 0.717) is 23.3 Å². The van der Waals surface area contributed by atoms with Gasteiger partial charge in [0.1, 0.15) is 0 Å². The van der Waals surface area contributed by atoms with Gasteiger partial charge in [0.2, 0.25) is 10.0 Å². The normalized spacial score (nSPS) is 20.1. The monoisotopic (exact) mass is 283 g/mol. The van der Waals surface area contributed by atoms with E-state index < -0.39 is 10.0 Å². The summed E-state index contributed by atoms with van der Waals surface area (Å²) in [5, 5.41) is 3.00. The fourth-order valence-corrected chi connectivity index (χ4v) is 3.99. The van der Waals surface area contributed by atoms with Crippen LogP contribution < -0.4 is 10.0 Å². The van der Waals surface area contributed by atoms with E-state index in [4.69, 9.17) is 0 Å². The molecule has 0 aromatic carbocycles. The molecule has 0 bridgehead atoms. The molecule has 0 unspecified atom stereocenters. The Morgan fingerprint density at radius 2 is 1.95 bits per heavy atom. The van der Waals surface area contributed by atoms with E-state index in [1.807, 2.05) is 7.05 Å². The molecule has 0 radical (unpaired) electrons. The predicted molar refractivity (Wildman–Crippen MR) is 73.1 cm³/mol. The Kier molecular flexibility index (Phi) is 3.41. The van der Waals surface area contributed by atoms with Gasteiger partial charge in [0, 0.05) is 24.5 Å². The smallest absolute Gasteiger partial charge is 0.242 e. The van der Waals surface area contributed by atoms with Gasteiger partial charge < -0.3 is 10.3 Å². The van der Waals surface area contributed by atoms with Gasteiger partial charge in [0.15, 0.2) is 0 Å². The van der Waals surface area contributed by atoms with E-state index in [0.717, 1.165) is 5.69 Å². The molecule has 1 heterocycles. The average molecular weight is 283 g/mol. The van der Waals surface area contributed by atoms with Crippen LogP contribution in [0.15, 0.2) is 17.2 Å². The molecule has 106 valence electrons. The molecule has 3 N–H and O–H groups in total. The lowest BCUT2D eigenvalue weighted by Gasteiger charge is -2.16. The zero-order valence-corrected chi connectivity index (χ0v) is 12.0. The number of nitrogens with one attached hydrogen (secondary N) is 3. The lowest BCUT2D eigenvalue weighted by atomic mass is 10.1. The van der Waals surface area contributed by atoms with Gasteiger partial charge >= 0.3 is 0 Å². The van der Waals surface area contributed by atoms with Crippen LogP contribution in [0.4, 0.5) is 0 Å². The molecular formula is C13H21N3O2S. The first-order valence-electron chi connectivity index (χ1n) is 6.94. The fourth-order valence-electron chi connectivity index (χ4n) is 2.60. The molecule has 2 saturated carbocycles. The Morgan fingerprint density at radius 1 is 1.32 bits per heavy atom. The van der Waals surface area contributed by atoms with Crippen LogP contribution in [-0.4, -0.2) is 26.5 Å². The highest BCUT2D eigenvalue weighted by atomic mass is 32.2. The van der Waals surface area contributed by atoms with Gasteiger partial charge in [0.05, 0.1) is 4.90 Å². The largest absolute Gasteiger partial charge is 0.363 e. The maximum Gasteiger partial charge on any atom is 0.242 e. The molecule has 19 heavy (non-hydrogen) atoms. The van der Waals surface area contributed by atoms with Crippen molar-refractivity contribution in [1.29, 1.82) is 0 Å². The highest BCUT2D eigenvalue weighted by Gasteiger charge is 2.43. The lowest BCUT2D eigenvalue weighted by molar-refractivity contribution is 0.471. The molecule has 3 rings (SSSR count). The highest BCUT2D eigenvalue weighted by Crippen LogP contribution is 2.45. The Labute approximate surface area is 114 Å². The van der Waals surface area contributed by atoms with Gasteiger partial charge in [-0.25, -0.2) is 13.1 Å². The Morgan fingerprint density at radius 3 is 2.47 bits per heavy atom. The third-order valence-corrected chi connectivity index (χ3v) is 5.38. The van der Waals surface area contributed by atoms with Crippen molar-refractivity contribution < 1.29 is 8.42 Å². The van der Waals surface area contributed by atoms with Gasteiger partial charge in [-0.05, 0) is 50.6 Å². The van der Waals surface area contributed by atoms with Crippen LogP contribution in [-0.2, 0) is 16.6 Å². The van der Waals surface area contributed by atoms with E-state index in [2.05, 4.69) is 15.0 Å². The van der Waals surface area contributed by atoms with E-state index in [-0.39, 0.29) is 6.04 Å². The molecule has 1 aromatic rings. The summed E-state index contributed by atoms with van der Waals surface area (Å²) in [7, 11) is -1.54. The van der Waals surface area contributed by atoms with Crippen molar-refractivity contribution in [2.45, 2.75) is 43.2 Å². The molecule has 0 aliphatic heterocycles. The fraction of sp³-hybridized carbons (Fsp3) is 0.692. The first-order chi connectivity index (χ1) is 9.10. The zero-order valence-electron chi connectivity index (χ0n) is 11.1. The first-order valence-corrected chi connectivity index (χ1v) is 8.42. The van der Waals surface area contributed by atoms with Crippen molar-refractivity contribution in [2.75, 3.05) is 7.05 Å². The predicted octanol–water partition coefficient (Wildman–Crippen LogP) is 1.20. The molecule has 2 aliphatic carbocycles. The third-order valence-electron chi connectivity index (χ3n) is 3.94. The lowest BCUT2D eigenvalue weighted by Crippen LogP contribution is -2.37. The van der Waals surface area contributed by atoms with E-state index >= 15 is 0 Å².